The molecular weight excluding hydrogens is 456 g/mol. The summed E-state index contributed by atoms with van der Waals surface area (Å²) in [6.07, 6.45) is 5.22. The predicted octanol–water partition coefficient (Wildman–Crippen LogP) is 3.84. The van der Waals surface area contributed by atoms with Crippen LogP contribution >= 0.6 is 11.3 Å². The number of pyridine rings is 1. The fourth-order valence-corrected chi connectivity index (χ4v) is 4.60. The number of anilines is 3. The molecule has 1 fully saturated rings. The van der Waals surface area contributed by atoms with Crippen molar-refractivity contribution in [2.45, 2.75) is 64.1 Å². The summed E-state index contributed by atoms with van der Waals surface area (Å²) < 4.78 is 7.49. The van der Waals surface area contributed by atoms with Gasteiger partial charge in [0.25, 0.3) is 0 Å². The molecule has 1 atom stereocenters. The number of ether oxygens (including phenoxy) is 1. The second-order valence-electron chi connectivity index (χ2n) is 9.34. The first-order chi connectivity index (χ1) is 16.2. The van der Waals surface area contributed by atoms with Crippen LogP contribution in [-0.2, 0) is 16.0 Å². The molecule has 3 N–H and O–H groups in total. The number of urea groups is 1. The van der Waals surface area contributed by atoms with Crippen molar-refractivity contribution in [3.8, 4) is 11.5 Å². The molecule has 12 heteroatoms. The van der Waals surface area contributed by atoms with Crippen molar-refractivity contribution >= 4 is 40.1 Å². The number of rotatable bonds is 5. The molecule has 2 aliphatic rings. The van der Waals surface area contributed by atoms with Crippen LogP contribution in [0.3, 0.4) is 0 Å². The van der Waals surface area contributed by atoms with Crippen molar-refractivity contribution < 1.29 is 14.3 Å². The lowest BCUT2D eigenvalue weighted by atomic mass is 10.1. The molecule has 34 heavy (non-hydrogen) atoms. The molecule has 1 aliphatic carbocycles. The van der Waals surface area contributed by atoms with Gasteiger partial charge >= 0.3 is 12.0 Å². The van der Waals surface area contributed by atoms with Crippen LogP contribution in [0.2, 0.25) is 0 Å². The number of esters is 1. The standard InChI is InChI=1S/C22H26N8O3S/c1-22(2,3)33-19(31)14-9-10-15-17(25-14)27-21(34-15)28-20(32)26-16-6-4-5-13(24-16)18-29-23-11-30(18)12-7-8-12/h4-6,11-12,14,25H,7-10H2,1-3H3,(H2,24,26,27,28,32). The highest BCUT2D eigenvalue weighted by Gasteiger charge is 2.31. The lowest BCUT2D eigenvalue weighted by Crippen LogP contribution is -2.38. The van der Waals surface area contributed by atoms with Crippen LogP contribution in [0, 0.1) is 0 Å². The topological polar surface area (TPSA) is 136 Å². The van der Waals surface area contributed by atoms with Crippen LogP contribution in [0.25, 0.3) is 11.5 Å². The molecule has 0 bridgehead atoms. The van der Waals surface area contributed by atoms with Gasteiger partial charge in [0.05, 0.1) is 4.88 Å². The maximum Gasteiger partial charge on any atom is 0.329 e. The largest absolute Gasteiger partial charge is 0.458 e. The Labute approximate surface area is 200 Å². The summed E-state index contributed by atoms with van der Waals surface area (Å²) in [6.45, 7) is 5.52. The van der Waals surface area contributed by atoms with Crippen molar-refractivity contribution in [3.63, 3.8) is 0 Å². The van der Waals surface area contributed by atoms with Gasteiger partial charge in [-0.3, -0.25) is 10.6 Å². The number of aryl methyl sites for hydroxylation is 1. The number of amides is 2. The van der Waals surface area contributed by atoms with Crippen molar-refractivity contribution in [1.29, 1.82) is 0 Å². The molecule has 0 radical (unpaired) electrons. The molecule has 1 saturated carbocycles. The van der Waals surface area contributed by atoms with E-state index >= 15 is 0 Å². The lowest BCUT2D eigenvalue weighted by Gasteiger charge is -2.26. The molecule has 0 aromatic carbocycles. The summed E-state index contributed by atoms with van der Waals surface area (Å²) in [4.78, 5) is 34.9. The molecule has 4 heterocycles. The van der Waals surface area contributed by atoms with E-state index in [4.69, 9.17) is 4.74 Å². The number of nitrogens with one attached hydrogen (secondary N) is 3. The Kier molecular flexibility index (Phi) is 5.68. The second-order valence-corrected chi connectivity index (χ2v) is 10.4. The minimum atomic E-state index is -0.551. The quantitative estimate of drug-likeness (QED) is 0.467. The van der Waals surface area contributed by atoms with Crippen molar-refractivity contribution in [2.75, 3.05) is 16.0 Å². The van der Waals surface area contributed by atoms with Gasteiger partial charge in [-0.25, -0.2) is 19.6 Å². The molecule has 3 aromatic heterocycles. The Morgan fingerprint density at radius 1 is 1.18 bits per heavy atom. The smallest absolute Gasteiger partial charge is 0.329 e. The highest BCUT2D eigenvalue weighted by atomic mass is 32.1. The van der Waals surface area contributed by atoms with Crippen LogP contribution in [-0.4, -0.2) is 48.4 Å². The van der Waals surface area contributed by atoms with Gasteiger partial charge in [-0.05, 0) is 58.6 Å². The van der Waals surface area contributed by atoms with E-state index in [9.17, 15) is 9.59 Å². The van der Waals surface area contributed by atoms with Gasteiger partial charge in [0, 0.05) is 6.04 Å². The Morgan fingerprint density at radius 3 is 2.76 bits per heavy atom. The Balaban J connectivity index is 1.22. The molecule has 0 saturated heterocycles. The highest BCUT2D eigenvalue weighted by molar-refractivity contribution is 7.16. The fraction of sp³-hybridized carbons (Fsp3) is 0.455. The molecule has 1 unspecified atom stereocenters. The minimum absolute atomic E-state index is 0.304. The number of hydrogen-bond donors (Lipinski definition) is 3. The van der Waals surface area contributed by atoms with E-state index < -0.39 is 17.7 Å². The Hall–Kier alpha value is -3.54. The number of nitrogens with zero attached hydrogens (tertiary/aromatic N) is 5. The Bertz CT molecular complexity index is 1230. The van der Waals surface area contributed by atoms with E-state index in [0.717, 1.165) is 17.7 Å². The second kappa shape index (κ2) is 8.67. The molecule has 0 spiro atoms. The van der Waals surface area contributed by atoms with E-state index in [1.54, 1.807) is 12.4 Å². The fourth-order valence-electron chi connectivity index (χ4n) is 3.67. The number of fused-ring (bicyclic) bond motifs is 1. The van der Waals surface area contributed by atoms with Gasteiger partial charge in [-0.1, -0.05) is 17.4 Å². The zero-order valence-corrected chi connectivity index (χ0v) is 20.0. The monoisotopic (exact) mass is 482 g/mol. The molecule has 2 amide bonds. The third-order valence-corrected chi connectivity index (χ3v) is 6.34. The van der Waals surface area contributed by atoms with E-state index in [1.165, 1.54) is 11.3 Å². The minimum Gasteiger partial charge on any atom is -0.458 e. The number of carbonyl (C=O) groups excluding carboxylic acids is 2. The third-order valence-electron chi connectivity index (χ3n) is 5.31. The summed E-state index contributed by atoms with van der Waals surface area (Å²) in [6, 6.07) is 4.87. The van der Waals surface area contributed by atoms with Crippen LogP contribution < -0.4 is 16.0 Å². The predicted molar refractivity (Wildman–Crippen MR) is 128 cm³/mol. The molecule has 3 aromatic rings. The van der Waals surface area contributed by atoms with Crippen LogP contribution in [0.15, 0.2) is 24.5 Å². The summed E-state index contributed by atoms with van der Waals surface area (Å²) in [5, 5.41) is 17.2. The SMILES string of the molecule is CC(C)(C)OC(=O)C1CCc2sc(NC(=O)Nc3cccc(-c4nncn4C4CC4)n3)nc2N1. The van der Waals surface area contributed by atoms with Gasteiger partial charge in [0.15, 0.2) is 11.0 Å². The maximum absolute atomic E-state index is 12.6. The number of hydrogen-bond acceptors (Lipinski definition) is 9. The molecule has 1 aliphatic heterocycles. The van der Waals surface area contributed by atoms with Crippen LogP contribution in [0.4, 0.5) is 21.6 Å². The summed E-state index contributed by atoms with van der Waals surface area (Å²) in [5.74, 6) is 1.37. The average Bonchev–Trinajstić information content (AvgIpc) is 3.35. The van der Waals surface area contributed by atoms with Gasteiger partial charge in [-0.15, -0.1) is 10.2 Å². The first kappa shape index (κ1) is 22.3. The van der Waals surface area contributed by atoms with E-state index in [2.05, 4.69) is 36.1 Å². The van der Waals surface area contributed by atoms with Crippen LogP contribution in [0.1, 0.15) is 51.0 Å². The Morgan fingerprint density at radius 2 is 2.00 bits per heavy atom. The third kappa shape index (κ3) is 5.01. The average molecular weight is 483 g/mol. The lowest BCUT2D eigenvalue weighted by molar-refractivity contribution is -0.156. The number of aromatic nitrogens is 5. The zero-order chi connectivity index (χ0) is 23.9. The number of thiazole rings is 1. The summed E-state index contributed by atoms with van der Waals surface area (Å²) in [5.41, 5.74) is 0.0921. The molecule has 178 valence electrons. The maximum atomic E-state index is 12.6. The van der Waals surface area contributed by atoms with E-state index in [-0.39, 0.29) is 5.97 Å². The van der Waals surface area contributed by atoms with Gasteiger partial charge in [0.1, 0.15) is 35.3 Å². The highest BCUT2D eigenvalue weighted by Crippen LogP contribution is 2.37. The zero-order valence-electron chi connectivity index (χ0n) is 19.2. The van der Waals surface area contributed by atoms with E-state index in [1.807, 2.05) is 37.5 Å². The normalized spacial score (nSPS) is 17.4. The molecule has 11 nitrogen and oxygen atoms in total. The first-order valence-corrected chi connectivity index (χ1v) is 12.0. The summed E-state index contributed by atoms with van der Waals surface area (Å²) >= 11 is 1.37. The van der Waals surface area contributed by atoms with E-state index in [0.29, 0.717) is 47.2 Å². The molecular formula is C22H26N8O3S. The summed E-state index contributed by atoms with van der Waals surface area (Å²) in [7, 11) is 0. The van der Waals surface area contributed by atoms with Gasteiger partial charge in [-0.2, -0.15) is 0 Å². The van der Waals surface area contributed by atoms with Gasteiger partial charge < -0.3 is 14.6 Å². The van der Waals surface area contributed by atoms with Crippen molar-refractivity contribution in [1.82, 2.24) is 24.7 Å². The molecule has 5 rings (SSSR count). The van der Waals surface area contributed by atoms with Crippen molar-refractivity contribution in [3.05, 3.63) is 29.4 Å². The van der Waals surface area contributed by atoms with Crippen molar-refractivity contribution in [2.24, 2.45) is 0 Å². The van der Waals surface area contributed by atoms with Gasteiger partial charge in [0.2, 0.25) is 0 Å². The first-order valence-electron chi connectivity index (χ1n) is 11.2. The number of carbonyl (C=O) groups is 2. The van der Waals surface area contributed by atoms with Crippen LogP contribution in [0.5, 0.6) is 0 Å².